The van der Waals surface area contributed by atoms with Crippen molar-refractivity contribution in [3.8, 4) is 0 Å². The first kappa shape index (κ1) is 19.8. The minimum Gasteiger partial charge on any atom is -0.383 e. The Morgan fingerprint density at radius 1 is 1.20 bits per heavy atom. The lowest BCUT2D eigenvalue weighted by Gasteiger charge is -2.36. The molecular formula is C18H30ClN5O. The van der Waals surface area contributed by atoms with Gasteiger partial charge in [0.25, 0.3) is 0 Å². The monoisotopic (exact) mass is 367 g/mol. The number of hydrogen-bond acceptors (Lipinski definition) is 4. The van der Waals surface area contributed by atoms with Crippen LogP contribution in [0.3, 0.4) is 0 Å². The highest BCUT2D eigenvalue weighted by molar-refractivity contribution is 6.30. The highest BCUT2D eigenvalue weighted by Gasteiger charge is 2.16. The van der Waals surface area contributed by atoms with Crippen molar-refractivity contribution in [1.82, 2.24) is 15.5 Å². The largest absolute Gasteiger partial charge is 0.383 e. The van der Waals surface area contributed by atoms with Gasteiger partial charge >= 0.3 is 0 Å². The SMILES string of the molecule is CN=C(NCCCN1CCN(c2cccc(Cl)c2)CC1)NCCOC. The number of halogens is 1. The first-order valence-corrected chi connectivity index (χ1v) is 9.27. The maximum Gasteiger partial charge on any atom is 0.191 e. The van der Waals surface area contributed by atoms with E-state index >= 15 is 0 Å². The topological polar surface area (TPSA) is 52.1 Å². The van der Waals surface area contributed by atoms with Crippen LogP contribution in [0.5, 0.6) is 0 Å². The predicted octanol–water partition coefficient (Wildman–Crippen LogP) is 1.66. The van der Waals surface area contributed by atoms with Crippen LogP contribution in [0, 0.1) is 0 Å². The van der Waals surface area contributed by atoms with Crippen LogP contribution in [-0.2, 0) is 4.74 Å². The number of nitrogens with zero attached hydrogens (tertiary/aromatic N) is 3. The number of anilines is 1. The van der Waals surface area contributed by atoms with Crippen molar-refractivity contribution < 1.29 is 4.74 Å². The molecule has 0 atom stereocenters. The van der Waals surface area contributed by atoms with Crippen LogP contribution in [0.25, 0.3) is 0 Å². The van der Waals surface area contributed by atoms with E-state index in [2.05, 4.69) is 31.5 Å². The van der Waals surface area contributed by atoms with Gasteiger partial charge in [0.05, 0.1) is 6.61 Å². The normalized spacial score (nSPS) is 16.1. The van der Waals surface area contributed by atoms with E-state index in [1.807, 2.05) is 18.2 Å². The van der Waals surface area contributed by atoms with Crippen LogP contribution >= 0.6 is 11.6 Å². The molecule has 2 N–H and O–H groups in total. The molecule has 25 heavy (non-hydrogen) atoms. The third-order valence-electron chi connectivity index (χ3n) is 4.31. The zero-order chi connectivity index (χ0) is 17.9. The summed E-state index contributed by atoms with van der Waals surface area (Å²) in [5, 5.41) is 7.36. The molecule has 0 bridgehead atoms. The van der Waals surface area contributed by atoms with Crippen molar-refractivity contribution in [2.24, 2.45) is 4.99 Å². The lowest BCUT2D eigenvalue weighted by Crippen LogP contribution is -2.47. The standard InChI is InChI=1S/C18H30ClN5O/c1-20-18(22-8-14-25-2)21-7-4-9-23-10-12-24(13-11-23)17-6-3-5-16(19)15-17/h3,5-6,15H,4,7-14H2,1-2H3,(H2,20,21,22). The number of benzene rings is 1. The molecule has 1 aliphatic rings. The van der Waals surface area contributed by atoms with Gasteiger partial charge in [0.2, 0.25) is 0 Å². The van der Waals surface area contributed by atoms with Crippen molar-refractivity contribution in [2.75, 3.05) is 71.5 Å². The molecule has 1 aromatic carbocycles. The van der Waals surface area contributed by atoms with Gasteiger partial charge in [-0.15, -0.1) is 0 Å². The number of aliphatic imine (C=N–C) groups is 1. The molecule has 7 heteroatoms. The summed E-state index contributed by atoms with van der Waals surface area (Å²) in [4.78, 5) is 9.13. The van der Waals surface area contributed by atoms with Gasteiger partial charge in [-0.2, -0.15) is 0 Å². The Kier molecular flexibility index (Phi) is 8.86. The van der Waals surface area contributed by atoms with Gasteiger partial charge in [0, 0.05) is 64.1 Å². The summed E-state index contributed by atoms with van der Waals surface area (Å²) in [5.41, 5.74) is 1.22. The second-order valence-electron chi connectivity index (χ2n) is 6.08. The van der Waals surface area contributed by atoms with Gasteiger partial charge < -0.3 is 20.3 Å². The fourth-order valence-electron chi connectivity index (χ4n) is 2.90. The minimum absolute atomic E-state index is 0.678. The Morgan fingerprint density at radius 2 is 1.96 bits per heavy atom. The van der Waals surface area contributed by atoms with E-state index in [0.717, 1.165) is 63.2 Å². The van der Waals surface area contributed by atoms with Crippen LogP contribution < -0.4 is 15.5 Å². The highest BCUT2D eigenvalue weighted by atomic mass is 35.5. The Labute approximate surface area is 156 Å². The molecule has 0 radical (unpaired) electrons. The fourth-order valence-corrected chi connectivity index (χ4v) is 3.09. The molecule has 6 nitrogen and oxygen atoms in total. The van der Waals surface area contributed by atoms with Crippen LogP contribution in [0.4, 0.5) is 5.69 Å². The number of rotatable bonds is 8. The molecule has 0 aromatic heterocycles. The third kappa shape index (κ3) is 7.10. The first-order chi connectivity index (χ1) is 12.2. The molecule has 1 saturated heterocycles. The Morgan fingerprint density at radius 3 is 2.64 bits per heavy atom. The second kappa shape index (κ2) is 11.2. The summed E-state index contributed by atoms with van der Waals surface area (Å²) >= 11 is 6.09. The Bertz CT molecular complexity index is 532. The van der Waals surface area contributed by atoms with Crippen molar-refractivity contribution >= 4 is 23.2 Å². The molecule has 0 amide bonds. The third-order valence-corrected chi connectivity index (χ3v) is 4.55. The Hall–Kier alpha value is -1.50. The Balaban J connectivity index is 1.61. The maximum absolute atomic E-state index is 6.09. The van der Waals surface area contributed by atoms with Crippen molar-refractivity contribution in [3.05, 3.63) is 29.3 Å². The van der Waals surface area contributed by atoms with E-state index in [4.69, 9.17) is 16.3 Å². The van der Waals surface area contributed by atoms with Crippen LogP contribution in [0.15, 0.2) is 29.3 Å². The highest BCUT2D eigenvalue weighted by Crippen LogP contribution is 2.20. The summed E-state index contributed by atoms with van der Waals surface area (Å²) in [6, 6.07) is 8.12. The van der Waals surface area contributed by atoms with Crippen molar-refractivity contribution in [2.45, 2.75) is 6.42 Å². The van der Waals surface area contributed by atoms with Gasteiger partial charge in [-0.1, -0.05) is 17.7 Å². The van der Waals surface area contributed by atoms with E-state index in [9.17, 15) is 0 Å². The molecule has 0 aliphatic carbocycles. The van der Waals surface area contributed by atoms with Crippen molar-refractivity contribution in [3.63, 3.8) is 0 Å². The molecule has 1 aromatic rings. The van der Waals surface area contributed by atoms with E-state index in [-0.39, 0.29) is 0 Å². The molecule has 0 saturated carbocycles. The minimum atomic E-state index is 0.678. The van der Waals surface area contributed by atoms with Gasteiger partial charge in [0.1, 0.15) is 0 Å². The summed E-state index contributed by atoms with van der Waals surface area (Å²) in [7, 11) is 3.49. The summed E-state index contributed by atoms with van der Waals surface area (Å²) in [6.07, 6.45) is 1.10. The molecule has 1 aliphatic heterocycles. The summed E-state index contributed by atoms with van der Waals surface area (Å²) in [5.74, 6) is 0.836. The molecule has 0 unspecified atom stereocenters. The molecule has 1 heterocycles. The summed E-state index contributed by atoms with van der Waals surface area (Å²) in [6.45, 7) is 7.74. The van der Waals surface area contributed by atoms with Crippen LogP contribution in [0.1, 0.15) is 6.42 Å². The molecule has 0 spiro atoms. The lowest BCUT2D eigenvalue weighted by atomic mass is 10.2. The number of ether oxygens (including phenoxy) is 1. The molecule has 2 rings (SSSR count). The summed E-state index contributed by atoms with van der Waals surface area (Å²) < 4.78 is 5.03. The first-order valence-electron chi connectivity index (χ1n) is 8.89. The fraction of sp³-hybridized carbons (Fsp3) is 0.611. The maximum atomic E-state index is 6.09. The van der Waals surface area contributed by atoms with Crippen LogP contribution in [-0.4, -0.2) is 77.4 Å². The zero-order valence-corrected chi connectivity index (χ0v) is 16.1. The van der Waals surface area contributed by atoms with Gasteiger partial charge in [-0.25, -0.2) is 0 Å². The van der Waals surface area contributed by atoms with Gasteiger partial charge in [-0.3, -0.25) is 9.89 Å². The van der Waals surface area contributed by atoms with Crippen molar-refractivity contribution in [1.29, 1.82) is 0 Å². The zero-order valence-electron chi connectivity index (χ0n) is 15.3. The van der Waals surface area contributed by atoms with E-state index in [1.54, 1.807) is 14.2 Å². The predicted molar refractivity (Wildman–Crippen MR) is 106 cm³/mol. The molecule has 1 fully saturated rings. The average molecular weight is 368 g/mol. The molecule has 140 valence electrons. The smallest absolute Gasteiger partial charge is 0.191 e. The number of methoxy groups -OCH3 is 1. The number of hydrogen-bond donors (Lipinski definition) is 2. The van der Waals surface area contributed by atoms with Gasteiger partial charge in [-0.05, 0) is 31.2 Å². The van der Waals surface area contributed by atoms with Gasteiger partial charge in [0.15, 0.2) is 5.96 Å². The second-order valence-corrected chi connectivity index (χ2v) is 6.52. The van der Waals surface area contributed by atoms with E-state index < -0.39 is 0 Å². The lowest BCUT2D eigenvalue weighted by molar-refractivity contribution is 0.203. The quantitative estimate of drug-likeness (QED) is 0.416. The average Bonchev–Trinajstić information content (AvgIpc) is 2.64. The number of piperazine rings is 1. The molecular weight excluding hydrogens is 338 g/mol. The van der Waals surface area contributed by atoms with Crippen LogP contribution in [0.2, 0.25) is 5.02 Å². The van der Waals surface area contributed by atoms with E-state index in [1.165, 1.54) is 5.69 Å². The number of nitrogens with one attached hydrogen (secondary N) is 2. The van der Waals surface area contributed by atoms with E-state index in [0.29, 0.717) is 6.61 Å². The number of guanidine groups is 1.